The molecule has 0 rings (SSSR count). The quantitative estimate of drug-likeness (QED) is 0.0480. The highest BCUT2D eigenvalue weighted by Gasteiger charge is 2.03. The number of hydrogen-bond acceptors (Lipinski definition) is 2. The van der Waals surface area contributed by atoms with Crippen molar-refractivity contribution in [2.45, 2.75) is 277 Å². The molecule has 0 aliphatic heterocycles. The van der Waals surface area contributed by atoms with Crippen LogP contribution < -0.4 is 0 Å². The molecule has 0 saturated heterocycles. The largest absolute Gasteiger partial charge is 0.466 e. The molecule has 282 valence electrons. The molecule has 2 heteroatoms. The summed E-state index contributed by atoms with van der Waals surface area (Å²) in [5, 5.41) is 0. The van der Waals surface area contributed by atoms with Crippen LogP contribution in [-0.2, 0) is 9.53 Å². The Morgan fingerprint density at radius 2 is 0.468 bits per heavy atom. The van der Waals surface area contributed by atoms with E-state index in [4.69, 9.17) is 4.74 Å². The van der Waals surface area contributed by atoms with Crippen molar-refractivity contribution in [1.82, 2.24) is 0 Å². The predicted octanol–water partition coefficient (Wildman–Crippen LogP) is 16.6. The van der Waals surface area contributed by atoms with Gasteiger partial charge in [0, 0.05) is 6.42 Å². The molecule has 0 aromatic heterocycles. The van der Waals surface area contributed by atoms with E-state index in [2.05, 4.69) is 13.8 Å². The van der Waals surface area contributed by atoms with Crippen molar-refractivity contribution in [3.63, 3.8) is 0 Å². The monoisotopic (exact) mass is 663 g/mol. The van der Waals surface area contributed by atoms with E-state index in [1.54, 1.807) is 0 Å². The molecule has 0 saturated carbocycles. The van der Waals surface area contributed by atoms with Gasteiger partial charge in [-0.3, -0.25) is 4.79 Å². The zero-order chi connectivity index (χ0) is 34.0. The maximum atomic E-state index is 11.9. The number of unbranched alkanes of at least 4 members (excludes halogenated alkanes) is 38. The van der Waals surface area contributed by atoms with Crippen LogP contribution in [0.15, 0.2) is 0 Å². The molecule has 47 heavy (non-hydrogen) atoms. The van der Waals surface area contributed by atoms with Crippen LogP contribution >= 0.6 is 0 Å². The summed E-state index contributed by atoms with van der Waals surface area (Å²) in [5.41, 5.74) is 0. The van der Waals surface area contributed by atoms with E-state index < -0.39 is 0 Å². The first-order valence-corrected chi connectivity index (χ1v) is 22.5. The van der Waals surface area contributed by atoms with Gasteiger partial charge in [-0.1, -0.05) is 258 Å². The SMILES string of the molecule is CCCCCCCCCCCCCCCCCCCCCCCCCCCCCCCCCOC(=O)CCCCCCCCCCC. The lowest BCUT2D eigenvalue weighted by molar-refractivity contribution is -0.143. The van der Waals surface area contributed by atoms with E-state index >= 15 is 0 Å². The van der Waals surface area contributed by atoms with Gasteiger partial charge in [-0.25, -0.2) is 0 Å². The summed E-state index contributed by atoms with van der Waals surface area (Å²) < 4.78 is 5.44. The standard InChI is InChI=1S/C45H90O2/c1-3-5-7-9-11-13-14-15-16-17-18-19-20-21-22-23-24-25-26-27-28-29-30-31-32-33-34-36-38-40-42-44-47-45(46)43-41-39-37-35-12-10-8-6-4-2/h3-44H2,1-2H3. The molecule has 0 spiro atoms. The van der Waals surface area contributed by atoms with Gasteiger partial charge in [-0.15, -0.1) is 0 Å². The number of esters is 1. The van der Waals surface area contributed by atoms with E-state index in [1.165, 1.54) is 244 Å². The van der Waals surface area contributed by atoms with Crippen LogP contribution in [0.3, 0.4) is 0 Å². The Morgan fingerprint density at radius 1 is 0.277 bits per heavy atom. The Hall–Kier alpha value is -0.530. The van der Waals surface area contributed by atoms with Gasteiger partial charge in [0.05, 0.1) is 6.61 Å². The highest BCUT2D eigenvalue weighted by Crippen LogP contribution is 2.17. The molecule has 0 atom stereocenters. The van der Waals surface area contributed by atoms with Crippen LogP contribution in [0.4, 0.5) is 0 Å². The zero-order valence-corrected chi connectivity index (χ0v) is 33.0. The van der Waals surface area contributed by atoms with E-state index in [1.807, 2.05) is 0 Å². The van der Waals surface area contributed by atoms with Crippen molar-refractivity contribution in [2.24, 2.45) is 0 Å². The van der Waals surface area contributed by atoms with Gasteiger partial charge >= 0.3 is 5.97 Å². The second kappa shape index (κ2) is 43.5. The maximum Gasteiger partial charge on any atom is 0.305 e. The Morgan fingerprint density at radius 3 is 0.702 bits per heavy atom. The molecule has 0 unspecified atom stereocenters. The van der Waals surface area contributed by atoms with Crippen LogP contribution in [0, 0.1) is 0 Å². The van der Waals surface area contributed by atoms with E-state index in [-0.39, 0.29) is 5.97 Å². The number of ether oxygens (including phenoxy) is 1. The van der Waals surface area contributed by atoms with Crippen LogP contribution in [0.5, 0.6) is 0 Å². The van der Waals surface area contributed by atoms with E-state index in [0.717, 1.165) is 12.8 Å². The summed E-state index contributed by atoms with van der Waals surface area (Å²) in [5.74, 6) is 0.0264. The minimum absolute atomic E-state index is 0.0264. The fourth-order valence-corrected chi connectivity index (χ4v) is 7.14. The lowest BCUT2D eigenvalue weighted by Gasteiger charge is -2.06. The van der Waals surface area contributed by atoms with Crippen molar-refractivity contribution in [1.29, 1.82) is 0 Å². The van der Waals surface area contributed by atoms with Gasteiger partial charge < -0.3 is 4.74 Å². The normalized spacial score (nSPS) is 11.4. The van der Waals surface area contributed by atoms with Crippen LogP contribution in [0.25, 0.3) is 0 Å². The second-order valence-electron chi connectivity index (χ2n) is 15.4. The number of rotatable bonds is 42. The lowest BCUT2D eigenvalue weighted by Crippen LogP contribution is -2.05. The molecule has 0 aromatic rings. The van der Waals surface area contributed by atoms with Gasteiger partial charge in [-0.2, -0.15) is 0 Å². The highest BCUT2D eigenvalue weighted by molar-refractivity contribution is 5.69. The Balaban J connectivity index is 3.10. The topological polar surface area (TPSA) is 26.3 Å². The molecule has 0 aliphatic carbocycles. The third kappa shape index (κ3) is 43.4. The van der Waals surface area contributed by atoms with Crippen molar-refractivity contribution in [2.75, 3.05) is 6.61 Å². The van der Waals surface area contributed by atoms with Gasteiger partial charge in [0.25, 0.3) is 0 Å². The van der Waals surface area contributed by atoms with E-state index in [0.29, 0.717) is 13.0 Å². The van der Waals surface area contributed by atoms with Gasteiger partial charge in [-0.05, 0) is 12.8 Å². The Labute approximate surface area is 298 Å². The first kappa shape index (κ1) is 46.5. The maximum absolute atomic E-state index is 11.9. The van der Waals surface area contributed by atoms with Crippen molar-refractivity contribution in [3.05, 3.63) is 0 Å². The third-order valence-electron chi connectivity index (χ3n) is 10.5. The van der Waals surface area contributed by atoms with Crippen molar-refractivity contribution in [3.8, 4) is 0 Å². The van der Waals surface area contributed by atoms with Crippen LogP contribution in [0.1, 0.15) is 277 Å². The minimum Gasteiger partial charge on any atom is -0.466 e. The van der Waals surface area contributed by atoms with Crippen molar-refractivity contribution < 1.29 is 9.53 Å². The van der Waals surface area contributed by atoms with E-state index in [9.17, 15) is 4.79 Å². The van der Waals surface area contributed by atoms with Crippen LogP contribution in [-0.4, -0.2) is 12.6 Å². The number of hydrogen-bond donors (Lipinski definition) is 0. The average Bonchev–Trinajstić information content (AvgIpc) is 3.08. The second-order valence-corrected chi connectivity index (χ2v) is 15.4. The molecule has 0 N–H and O–H groups in total. The predicted molar refractivity (Wildman–Crippen MR) is 212 cm³/mol. The summed E-state index contributed by atoms with van der Waals surface area (Å²) in [6.07, 6.45) is 56.6. The summed E-state index contributed by atoms with van der Waals surface area (Å²) in [4.78, 5) is 11.9. The molecule has 0 aromatic carbocycles. The highest BCUT2D eigenvalue weighted by atomic mass is 16.5. The summed E-state index contributed by atoms with van der Waals surface area (Å²) >= 11 is 0. The third-order valence-corrected chi connectivity index (χ3v) is 10.5. The molecule has 0 fully saturated rings. The minimum atomic E-state index is 0.0264. The summed E-state index contributed by atoms with van der Waals surface area (Å²) in [6.45, 7) is 5.21. The van der Waals surface area contributed by atoms with Crippen molar-refractivity contribution >= 4 is 5.97 Å². The van der Waals surface area contributed by atoms with Crippen LogP contribution in [0.2, 0.25) is 0 Å². The molecular weight excluding hydrogens is 572 g/mol. The van der Waals surface area contributed by atoms with Gasteiger partial charge in [0.1, 0.15) is 0 Å². The summed E-state index contributed by atoms with van der Waals surface area (Å²) in [6, 6.07) is 0. The smallest absolute Gasteiger partial charge is 0.305 e. The average molecular weight is 663 g/mol. The molecule has 0 radical (unpaired) electrons. The molecule has 2 nitrogen and oxygen atoms in total. The lowest BCUT2D eigenvalue weighted by atomic mass is 10.0. The fourth-order valence-electron chi connectivity index (χ4n) is 7.14. The molecule has 0 bridgehead atoms. The first-order valence-electron chi connectivity index (χ1n) is 22.5. The van der Waals surface area contributed by atoms with Gasteiger partial charge in [0.15, 0.2) is 0 Å². The molecule has 0 aliphatic rings. The Bertz CT molecular complexity index is 558. The van der Waals surface area contributed by atoms with Gasteiger partial charge in [0.2, 0.25) is 0 Å². The molecular formula is C45H90O2. The number of carbonyl (C=O) groups excluding carboxylic acids is 1. The number of carbonyl (C=O) groups is 1. The zero-order valence-electron chi connectivity index (χ0n) is 33.0. The first-order chi connectivity index (χ1) is 23.3. The molecule has 0 heterocycles. The fraction of sp³-hybridized carbons (Fsp3) is 0.978. The Kier molecular flexibility index (Phi) is 43.0. The summed E-state index contributed by atoms with van der Waals surface area (Å²) in [7, 11) is 0. The molecule has 0 amide bonds.